The van der Waals surface area contributed by atoms with E-state index in [0.717, 1.165) is 30.8 Å². The number of amides is 1. The van der Waals surface area contributed by atoms with Gasteiger partial charge in [-0.3, -0.25) is 4.79 Å². The molecular weight excluding hydrogens is 268 g/mol. The van der Waals surface area contributed by atoms with E-state index in [0.29, 0.717) is 19.4 Å². The molecule has 1 aliphatic rings. The van der Waals surface area contributed by atoms with Crippen molar-refractivity contribution in [3.63, 3.8) is 0 Å². The van der Waals surface area contributed by atoms with E-state index >= 15 is 0 Å². The Kier molecular flexibility index (Phi) is 5.07. The normalized spacial score (nSPS) is 25.3. The summed E-state index contributed by atoms with van der Waals surface area (Å²) in [7, 11) is 0. The number of rotatable bonds is 6. The monoisotopic (exact) mass is 292 g/mol. The minimum absolute atomic E-state index is 0.0707. The van der Waals surface area contributed by atoms with Crippen LogP contribution in [0.2, 0.25) is 0 Å². The first kappa shape index (κ1) is 15.6. The van der Waals surface area contributed by atoms with Crippen LogP contribution in [0.1, 0.15) is 39.0 Å². The van der Waals surface area contributed by atoms with Crippen LogP contribution >= 0.6 is 0 Å². The number of hydrogen-bond donors (Lipinski definition) is 2. The minimum Gasteiger partial charge on any atom is -0.494 e. The van der Waals surface area contributed by atoms with E-state index in [1.54, 1.807) is 0 Å². The standard InChI is InChI=1S/C16H24N2O3/c1-2-10-20-12-5-7-13(8-6-12)21-14-4-3-9-16(18,11-14)15(17)19/h5-8,14H,2-4,9-11,18H2,1H3,(H2,17,19). The van der Waals surface area contributed by atoms with Crippen LogP contribution in [-0.4, -0.2) is 24.2 Å². The number of carbonyl (C=O) groups is 1. The topological polar surface area (TPSA) is 87.6 Å². The van der Waals surface area contributed by atoms with E-state index in [-0.39, 0.29) is 6.10 Å². The lowest BCUT2D eigenvalue weighted by Gasteiger charge is -2.35. The van der Waals surface area contributed by atoms with Crippen molar-refractivity contribution in [3.8, 4) is 11.5 Å². The van der Waals surface area contributed by atoms with E-state index < -0.39 is 11.4 Å². The van der Waals surface area contributed by atoms with Crippen molar-refractivity contribution < 1.29 is 14.3 Å². The molecule has 2 rings (SSSR count). The molecule has 116 valence electrons. The molecule has 1 aromatic carbocycles. The highest BCUT2D eigenvalue weighted by atomic mass is 16.5. The lowest BCUT2D eigenvalue weighted by molar-refractivity contribution is -0.125. The Morgan fingerprint density at radius 3 is 2.62 bits per heavy atom. The van der Waals surface area contributed by atoms with Gasteiger partial charge in [-0.15, -0.1) is 0 Å². The maximum atomic E-state index is 11.4. The van der Waals surface area contributed by atoms with E-state index in [9.17, 15) is 4.79 Å². The van der Waals surface area contributed by atoms with Crippen molar-refractivity contribution in [2.75, 3.05) is 6.61 Å². The molecule has 4 N–H and O–H groups in total. The number of carbonyl (C=O) groups excluding carboxylic acids is 1. The second-order valence-electron chi connectivity index (χ2n) is 5.68. The molecule has 0 heterocycles. The van der Waals surface area contributed by atoms with Crippen LogP contribution in [-0.2, 0) is 4.79 Å². The molecule has 1 amide bonds. The van der Waals surface area contributed by atoms with Crippen LogP contribution in [0.3, 0.4) is 0 Å². The number of primary amides is 1. The molecule has 2 unspecified atom stereocenters. The van der Waals surface area contributed by atoms with Gasteiger partial charge in [0.2, 0.25) is 5.91 Å². The Balaban J connectivity index is 1.93. The average molecular weight is 292 g/mol. The Bertz CT molecular complexity index is 475. The summed E-state index contributed by atoms with van der Waals surface area (Å²) in [5, 5.41) is 0. The zero-order valence-electron chi connectivity index (χ0n) is 12.5. The Labute approximate surface area is 125 Å². The summed E-state index contributed by atoms with van der Waals surface area (Å²) in [6.45, 7) is 2.77. The van der Waals surface area contributed by atoms with Gasteiger partial charge >= 0.3 is 0 Å². The first-order valence-corrected chi connectivity index (χ1v) is 7.52. The quantitative estimate of drug-likeness (QED) is 0.839. The predicted octanol–water partition coefficient (Wildman–Crippen LogP) is 1.98. The summed E-state index contributed by atoms with van der Waals surface area (Å²) in [5.41, 5.74) is 10.5. The van der Waals surface area contributed by atoms with Gasteiger partial charge in [0.05, 0.1) is 12.1 Å². The zero-order chi connectivity index (χ0) is 15.3. The second kappa shape index (κ2) is 6.80. The van der Waals surface area contributed by atoms with E-state index in [1.165, 1.54) is 0 Å². The lowest BCUT2D eigenvalue weighted by atomic mass is 9.80. The molecule has 0 bridgehead atoms. The summed E-state index contributed by atoms with van der Waals surface area (Å²) in [4.78, 5) is 11.4. The second-order valence-corrected chi connectivity index (χ2v) is 5.68. The SMILES string of the molecule is CCCOc1ccc(OC2CCCC(N)(C(N)=O)C2)cc1. The van der Waals surface area contributed by atoms with Crippen LogP contribution in [0, 0.1) is 0 Å². The average Bonchev–Trinajstić information content (AvgIpc) is 2.46. The van der Waals surface area contributed by atoms with Gasteiger partial charge in [0, 0.05) is 6.42 Å². The molecule has 0 spiro atoms. The van der Waals surface area contributed by atoms with E-state index in [4.69, 9.17) is 20.9 Å². The fourth-order valence-electron chi connectivity index (χ4n) is 2.61. The summed E-state index contributed by atoms with van der Waals surface area (Å²) in [6.07, 6.45) is 3.75. The molecule has 5 heteroatoms. The number of nitrogens with two attached hydrogens (primary N) is 2. The van der Waals surface area contributed by atoms with Gasteiger partial charge in [-0.2, -0.15) is 0 Å². The van der Waals surface area contributed by atoms with Crippen molar-refractivity contribution in [2.45, 2.75) is 50.7 Å². The maximum Gasteiger partial charge on any atom is 0.237 e. The highest BCUT2D eigenvalue weighted by molar-refractivity contribution is 5.84. The number of ether oxygens (including phenoxy) is 2. The van der Waals surface area contributed by atoms with Crippen LogP contribution in [0.5, 0.6) is 11.5 Å². The number of benzene rings is 1. The van der Waals surface area contributed by atoms with Crippen LogP contribution < -0.4 is 20.9 Å². The Morgan fingerprint density at radius 2 is 2.00 bits per heavy atom. The highest BCUT2D eigenvalue weighted by Gasteiger charge is 2.38. The predicted molar refractivity (Wildman–Crippen MR) is 81.2 cm³/mol. The Hall–Kier alpha value is -1.75. The van der Waals surface area contributed by atoms with Gasteiger partial charge in [0.15, 0.2) is 0 Å². The fourth-order valence-corrected chi connectivity index (χ4v) is 2.61. The summed E-state index contributed by atoms with van der Waals surface area (Å²) < 4.78 is 11.4. The van der Waals surface area contributed by atoms with E-state index in [1.807, 2.05) is 24.3 Å². The van der Waals surface area contributed by atoms with Gasteiger partial charge < -0.3 is 20.9 Å². The molecule has 1 fully saturated rings. The smallest absolute Gasteiger partial charge is 0.237 e. The van der Waals surface area contributed by atoms with Crippen LogP contribution in [0.4, 0.5) is 0 Å². The maximum absolute atomic E-state index is 11.4. The molecule has 1 aromatic rings. The molecule has 5 nitrogen and oxygen atoms in total. The van der Waals surface area contributed by atoms with Gasteiger partial charge in [-0.05, 0) is 49.9 Å². The third kappa shape index (κ3) is 4.11. The molecule has 0 saturated heterocycles. The Morgan fingerprint density at radius 1 is 1.33 bits per heavy atom. The van der Waals surface area contributed by atoms with Gasteiger partial charge in [0.1, 0.15) is 17.6 Å². The van der Waals surface area contributed by atoms with Gasteiger partial charge in [0.25, 0.3) is 0 Å². The molecule has 1 aliphatic carbocycles. The third-order valence-electron chi connectivity index (χ3n) is 3.83. The summed E-state index contributed by atoms with van der Waals surface area (Å²) in [6, 6.07) is 7.53. The van der Waals surface area contributed by atoms with Crippen molar-refractivity contribution >= 4 is 5.91 Å². The van der Waals surface area contributed by atoms with Crippen LogP contribution in [0.15, 0.2) is 24.3 Å². The lowest BCUT2D eigenvalue weighted by Crippen LogP contribution is -2.56. The van der Waals surface area contributed by atoms with Crippen LogP contribution in [0.25, 0.3) is 0 Å². The van der Waals surface area contributed by atoms with Crippen molar-refractivity contribution in [3.05, 3.63) is 24.3 Å². The van der Waals surface area contributed by atoms with Gasteiger partial charge in [-0.1, -0.05) is 6.92 Å². The highest BCUT2D eigenvalue weighted by Crippen LogP contribution is 2.29. The molecule has 1 saturated carbocycles. The van der Waals surface area contributed by atoms with Crippen molar-refractivity contribution in [1.82, 2.24) is 0 Å². The van der Waals surface area contributed by atoms with Crippen molar-refractivity contribution in [2.24, 2.45) is 11.5 Å². The summed E-state index contributed by atoms with van der Waals surface area (Å²) >= 11 is 0. The van der Waals surface area contributed by atoms with Crippen molar-refractivity contribution in [1.29, 1.82) is 0 Å². The molecule has 2 atom stereocenters. The molecule has 21 heavy (non-hydrogen) atoms. The third-order valence-corrected chi connectivity index (χ3v) is 3.83. The number of hydrogen-bond acceptors (Lipinski definition) is 4. The fraction of sp³-hybridized carbons (Fsp3) is 0.562. The molecule has 0 aromatic heterocycles. The molecular formula is C16H24N2O3. The largest absolute Gasteiger partial charge is 0.494 e. The van der Waals surface area contributed by atoms with E-state index in [2.05, 4.69) is 6.92 Å². The zero-order valence-corrected chi connectivity index (χ0v) is 12.5. The first-order valence-electron chi connectivity index (χ1n) is 7.52. The molecule has 0 radical (unpaired) electrons. The molecule has 0 aliphatic heterocycles. The first-order chi connectivity index (χ1) is 10.0. The van der Waals surface area contributed by atoms with Gasteiger partial charge in [-0.25, -0.2) is 0 Å². The minimum atomic E-state index is -0.937. The summed E-state index contributed by atoms with van der Waals surface area (Å²) in [5.74, 6) is 1.15.